The molecule has 0 amide bonds. The van der Waals surface area contributed by atoms with E-state index < -0.39 is 12.0 Å². The molecule has 0 fully saturated rings. The van der Waals surface area contributed by atoms with Crippen molar-refractivity contribution in [2.75, 3.05) is 0 Å². The Morgan fingerprint density at radius 2 is 1.70 bits per heavy atom. The van der Waals surface area contributed by atoms with Crippen molar-refractivity contribution in [2.45, 2.75) is 12.5 Å². The third-order valence-corrected chi connectivity index (χ3v) is 1.03. The fourth-order valence-corrected chi connectivity index (χ4v) is 0.444. The van der Waals surface area contributed by atoms with E-state index in [2.05, 4.69) is 0 Å². The van der Waals surface area contributed by atoms with Gasteiger partial charge in [-0.1, -0.05) is 0 Å². The lowest BCUT2D eigenvalue weighted by Crippen LogP contribution is -2.27. The van der Waals surface area contributed by atoms with Crippen molar-refractivity contribution < 1.29 is 0 Å². The van der Waals surface area contributed by atoms with Gasteiger partial charge < -0.3 is 5.73 Å². The van der Waals surface area contributed by atoms with Gasteiger partial charge in [-0.3, -0.25) is 0 Å². The molecule has 0 aromatic rings. The average molecular weight is 134 g/mol. The van der Waals surface area contributed by atoms with Gasteiger partial charge in [-0.15, -0.1) is 0 Å². The van der Waals surface area contributed by atoms with Crippen molar-refractivity contribution >= 4 is 0 Å². The molecule has 0 spiro atoms. The first-order valence-corrected chi connectivity index (χ1v) is 2.68. The molecule has 0 radical (unpaired) electrons. The maximum Gasteiger partial charge on any atom is 0.149 e. The van der Waals surface area contributed by atoms with Gasteiger partial charge in [0.25, 0.3) is 0 Å². The first-order valence-electron chi connectivity index (χ1n) is 2.68. The topological polar surface area (TPSA) is 97.4 Å². The highest BCUT2D eigenvalue weighted by Gasteiger charge is 2.15. The van der Waals surface area contributed by atoms with Gasteiger partial charge in [0.2, 0.25) is 0 Å². The van der Waals surface area contributed by atoms with E-state index in [1.807, 2.05) is 0 Å². The van der Waals surface area contributed by atoms with Crippen molar-refractivity contribution in [1.29, 1.82) is 15.8 Å². The van der Waals surface area contributed by atoms with Crippen LogP contribution in [0.5, 0.6) is 0 Å². The Labute approximate surface area is 59.1 Å². The highest BCUT2D eigenvalue weighted by molar-refractivity contribution is 5.06. The lowest BCUT2D eigenvalue weighted by molar-refractivity contribution is 0.613. The van der Waals surface area contributed by atoms with Crippen molar-refractivity contribution in [1.82, 2.24) is 0 Å². The summed E-state index contributed by atoms with van der Waals surface area (Å²) in [6, 6.07) is 4.55. The number of nitrogens with zero attached hydrogens (tertiary/aromatic N) is 3. The molecule has 2 N–H and O–H groups in total. The van der Waals surface area contributed by atoms with Crippen LogP contribution in [0.1, 0.15) is 6.42 Å². The third-order valence-electron chi connectivity index (χ3n) is 1.03. The van der Waals surface area contributed by atoms with E-state index >= 15 is 0 Å². The number of nitrogens with two attached hydrogens (primary N) is 1. The SMILES string of the molecule is N#CCC(N)C(C#N)C#N. The van der Waals surface area contributed by atoms with Crippen LogP contribution < -0.4 is 5.73 Å². The van der Waals surface area contributed by atoms with Gasteiger partial charge >= 0.3 is 0 Å². The maximum atomic E-state index is 8.26. The Kier molecular flexibility index (Phi) is 3.64. The third kappa shape index (κ3) is 2.13. The van der Waals surface area contributed by atoms with Gasteiger partial charge in [0.05, 0.1) is 24.6 Å². The van der Waals surface area contributed by atoms with E-state index in [4.69, 9.17) is 21.5 Å². The zero-order valence-corrected chi connectivity index (χ0v) is 5.28. The Morgan fingerprint density at radius 3 is 2.00 bits per heavy atom. The van der Waals surface area contributed by atoms with Crippen molar-refractivity contribution in [3.8, 4) is 18.2 Å². The molecule has 0 aromatic carbocycles. The number of rotatable bonds is 2. The second kappa shape index (κ2) is 4.32. The number of hydrogen-bond acceptors (Lipinski definition) is 4. The van der Waals surface area contributed by atoms with Crippen LogP contribution >= 0.6 is 0 Å². The predicted molar refractivity (Wildman–Crippen MR) is 32.9 cm³/mol. The van der Waals surface area contributed by atoms with Crippen LogP contribution in [0.4, 0.5) is 0 Å². The molecular weight excluding hydrogens is 128 g/mol. The zero-order valence-electron chi connectivity index (χ0n) is 5.28. The number of hydrogen-bond donors (Lipinski definition) is 1. The van der Waals surface area contributed by atoms with Crippen molar-refractivity contribution in [3.05, 3.63) is 0 Å². The largest absolute Gasteiger partial charge is 0.325 e. The lowest BCUT2D eigenvalue weighted by atomic mass is 10.0. The quantitative estimate of drug-likeness (QED) is 0.569. The summed E-state index contributed by atoms with van der Waals surface area (Å²) in [5.74, 6) is -0.861. The van der Waals surface area contributed by atoms with Crippen LogP contribution in [0.25, 0.3) is 0 Å². The van der Waals surface area contributed by atoms with E-state index in [1.54, 1.807) is 18.2 Å². The zero-order chi connectivity index (χ0) is 7.98. The van der Waals surface area contributed by atoms with Crippen LogP contribution in [-0.2, 0) is 0 Å². The van der Waals surface area contributed by atoms with Crippen LogP contribution in [0.15, 0.2) is 0 Å². The summed E-state index contributed by atoms with van der Waals surface area (Å²) in [7, 11) is 0. The summed E-state index contributed by atoms with van der Waals surface area (Å²) in [5.41, 5.74) is 5.28. The second-order valence-corrected chi connectivity index (χ2v) is 1.76. The van der Waals surface area contributed by atoms with Gasteiger partial charge in [0.1, 0.15) is 5.92 Å². The van der Waals surface area contributed by atoms with Crippen molar-refractivity contribution in [3.63, 3.8) is 0 Å². The molecule has 4 nitrogen and oxygen atoms in total. The molecule has 0 saturated carbocycles. The monoisotopic (exact) mass is 134 g/mol. The summed E-state index contributed by atoms with van der Waals surface area (Å²) in [4.78, 5) is 0. The molecule has 1 unspecified atom stereocenters. The van der Waals surface area contributed by atoms with Gasteiger partial charge in [0.15, 0.2) is 0 Å². The fraction of sp³-hybridized carbons (Fsp3) is 0.500. The van der Waals surface area contributed by atoms with E-state index in [9.17, 15) is 0 Å². The van der Waals surface area contributed by atoms with Gasteiger partial charge in [-0.2, -0.15) is 15.8 Å². The molecule has 0 aliphatic heterocycles. The highest BCUT2D eigenvalue weighted by atomic mass is 14.6. The summed E-state index contributed by atoms with van der Waals surface area (Å²) in [6.07, 6.45) is 0.0474. The minimum absolute atomic E-state index is 0.0474. The van der Waals surface area contributed by atoms with E-state index in [1.165, 1.54) is 0 Å². The molecule has 1 atom stereocenters. The van der Waals surface area contributed by atoms with Crippen LogP contribution in [0.3, 0.4) is 0 Å². The van der Waals surface area contributed by atoms with E-state index in [0.29, 0.717) is 0 Å². The fourth-order valence-electron chi connectivity index (χ4n) is 0.444. The van der Waals surface area contributed by atoms with Crippen LogP contribution in [-0.4, -0.2) is 6.04 Å². The average Bonchev–Trinajstić information content (AvgIpc) is 1.91. The Bertz CT molecular complexity index is 199. The molecule has 0 aliphatic rings. The Hall–Kier alpha value is -1.57. The molecule has 0 aliphatic carbocycles. The van der Waals surface area contributed by atoms with Gasteiger partial charge in [-0.25, -0.2) is 0 Å². The van der Waals surface area contributed by atoms with E-state index in [0.717, 1.165) is 0 Å². The minimum atomic E-state index is -0.861. The minimum Gasteiger partial charge on any atom is -0.325 e. The normalized spacial score (nSPS) is 11.1. The second-order valence-electron chi connectivity index (χ2n) is 1.76. The van der Waals surface area contributed by atoms with Gasteiger partial charge in [0, 0.05) is 6.04 Å². The Balaban J connectivity index is 3.98. The van der Waals surface area contributed by atoms with Crippen LogP contribution in [0, 0.1) is 39.9 Å². The first-order chi connectivity index (χ1) is 4.76. The summed E-state index contributed by atoms with van der Waals surface area (Å²) in [5, 5.41) is 24.7. The van der Waals surface area contributed by atoms with Crippen LogP contribution in [0.2, 0.25) is 0 Å². The number of nitriles is 3. The summed E-state index contributed by atoms with van der Waals surface area (Å²) >= 11 is 0. The standard InChI is InChI=1S/C6H6N4/c7-2-1-6(10)5(3-8)4-9/h5-6H,1,10H2. The van der Waals surface area contributed by atoms with E-state index in [-0.39, 0.29) is 6.42 Å². The molecular formula is C6H6N4. The predicted octanol–water partition coefficient (Wildman–Crippen LogP) is -0.109. The summed E-state index contributed by atoms with van der Waals surface area (Å²) in [6.45, 7) is 0. The smallest absolute Gasteiger partial charge is 0.149 e. The molecule has 0 bridgehead atoms. The van der Waals surface area contributed by atoms with Crippen molar-refractivity contribution in [2.24, 2.45) is 11.7 Å². The molecule has 0 saturated heterocycles. The molecule has 10 heavy (non-hydrogen) atoms. The maximum absolute atomic E-state index is 8.26. The summed E-state index contributed by atoms with van der Waals surface area (Å²) < 4.78 is 0. The molecule has 50 valence electrons. The molecule has 4 heteroatoms. The molecule has 0 heterocycles. The van der Waals surface area contributed by atoms with Gasteiger partial charge in [-0.05, 0) is 0 Å². The molecule has 0 aromatic heterocycles. The Morgan fingerprint density at radius 1 is 1.20 bits per heavy atom. The lowest BCUT2D eigenvalue weighted by Gasteiger charge is -2.04. The molecule has 0 rings (SSSR count). The first kappa shape index (κ1) is 8.43. The highest BCUT2D eigenvalue weighted by Crippen LogP contribution is 2.00.